The van der Waals surface area contributed by atoms with Crippen molar-refractivity contribution in [2.45, 2.75) is 56.6 Å². The number of ether oxygens (including phenoxy) is 1. The molecule has 2 aliphatic heterocycles. The molecule has 3 aromatic rings. The van der Waals surface area contributed by atoms with Gasteiger partial charge < -0.3 is 15.0 Å². The summed E-state index contributed by atoms with van der Waals surface area (Å²) in [6, 6.07) is 7.94. The Labute approximate surface area is 231 Å². The van der Waals surface area contributed by atoms with Gasteiger partial charge in [0.25, 0.3) is 0 Å². The number of sulfonamides is 1. The zero-order valence-corrected chi connectivity index (χ0v) is 23.5. The van der Waals surface area contributed by atoms with E-state index in [9.17, 15) is 22.8 Å². The number of hydrogen-bond acceptors (Lipinski definition) is 8. The van der Waals surface area contributed by atoms with E-state index >= 15 is 0 Å². The van der Waals surface area contributed by atoms with Crippen molar-refractivity contribution < 1.29 is 27.5 Å². The van der Waals surface area contributed by atoms with E-state index in [-0.39, 0.29) is 29.2 Å². The van der Waals surface area contributed by atoms with E-state index < -0.39 is 40.1 Å². The SMILES string of the molecule is CC(C)(C)CC(NC(=O)Oc1csc2ccccc12)C(=O)N1CCC2C1C(=O)CN2S(=O)(=O)c1cccnc1. The van der Waals surface area contributed by atoms with Crippen molar-refractivity contribution in [2.24, 2.45) is 5.41 Å². The third-order valence-electron chi connectivity index (χ3n) is 6.96. The predicted molar refractivity (Wildman–Crippen MR) is 146 cm³/mol. The normalized spacial score (nSPS) is 20.7. The van der Waals surface area contributed by atoms with E-state index in [1.807, 2.05) is 45.0 Å². The standard InChI is InChI=1S/C27H30N4O6S2/c1-27(2,3)13-19(29-26(34)37-22-16-38-23-9-5-4-8-18(22)23)25(33)30-12-10-20-24(30)21(32)15-31(20)39(35,36)17-7-6-11-28-14-17/h4-9,11,14,16,19-20,24H,10,12-13,15H2,1-3H3,(H,29,34). The van der Waals surface area contributed by atoms with Crippen LogP contribution < -0.4 is 10.1 Å². The molecule has 0 radical (unpaired) electrons. The molecule has 2 aromatic heterocycles. The van der Waals surface area contributed by atoms with E-state index in [1.165, 1.54) is 45.1 Å². The molecule has 3 unspecified atom stereocenters. The molecule has 0 spiro atoms. The number of carbonyl (C=O) groups is 3. The number of amides is 2. The fourth-order valence-corrected chi connectivity index (χ4v) is 7.74. The smallest absolute Gasteiger partial charge is 0.409 e. The first-order valence-corrected chi connectivity index (χ1v) is 15.0. The molecule has 2 amide bonds. The van der Waals surface area contributed by atoms with Crippen molar-refractivity contribution in [3.8, 4) is 5.75 Å². The van der Waals surface area contributed by atoms with Gasteiger partial charge in [0, 0.05) is 34.4 Å². The minimum atomic E-state index is -3.97. The number of nitrogens with zero attached hydrogens (tertiary/aromatic N) is 3. The lowest BCUT2D eigenvalue weighted by atomic mass is 9.87. The van der Waals surface area contributed by atoms with Gasteiger partial charge in [-0.25, -0.2) is 13.2 Å². The van der Waals surface area contributed by atoms with Crippen LogP contribution in [0.4, 0.5) is 4.79 Å². The van der Waals surface area contributed by atoms with Crippen molar-refractivity contribution in [2.75, 3.05) is 13.1 Å². The number of benzene rings is 1. The molecule has 4 heterocycles. The first kappa shape index (κ1) is 27.2. The van der Waals surface area contributed by atoms with Crippen molar-refractivity contribution in [1.29, 1.82) is 0 Å². The molecule has 10 nitrogen and oxygen atoms in total. The molecule has 2 aliphatic rings. The van der Waals surface area contributed by atoms with Crippen LogP contribution in [0.5, 0.6) is 5.75 Å². The molecule has 2 saturated heterocycles. The topological polar surface area (TPSA) is 126 Å². The average molecular weight is 571 g/mol. The van der Waals surface area contributed by atoms with Crippen LogP contribution >= 0.6 is 11.3 Å². The number of pyridine rings is 1. The maximum absolute atomic E-state index is 13.8. The fourth-order valence-electron chi connectivity index (χ4n) is 5.29. The highest BCUT2D eigenvalue weighted by Gasteiger charge is 2.54. The number of Topliss-reactive ketones (excluding diaryl/α,β-unsaturated/α-hetero) is 1. The van der Waals surface area contributed by atoms with Gasteiger partial charge in [0.1, 0.15) is 17.0 Å². The van der Waals surface area contributed by atoms with E-state index in [0.717, 1.165) is 10.1 Å². The molecule has 1 N–H and O–H groups in total. The Kier molecular flexibility index (Phi) is 7.21. The summed E-state index contributed by atoms with van der Waals surface area (Å²) in [6.45, 7) is 5.72. The van der Waals surface area contributed by atoms with Gasteiger partial charge in [-0.15, -0.1) is 11.3 Å². The summed E-state index contributed by atoms with van der Waals surface area (Å²) in [5.74, 6) is -0.378. The summed E-state index contributed by atoms with van der Waals surface area (Å²) in [6.07, 6.45) is 2.56. The lowest BCUT2D eigenvalue weighted by molar-refractivity contribution is -0.138. The van der Waals surface area contributed by atoms with Gasteiger partial charge >= 0.3 is 6.09 Å². The Hall–Kier alpha value is -3.35. The molecular formula is C27H30N4O6S2. The first-order chi connectivity index (χ1) is 18.5. The number of rotatable bonds is 6. The second-order valence-corrected chi connectivity index (χ2v) is 13.8. The molecule has 39 heavy (non-hydrogen) atoms. The Morgan fingerprint density at radius 1 is 1.21 bits per heavy atom. The van der Waals surface area contributed by atoms with Crippen molar-refractivity contribution >= 4 is 49.2 Å². The van der Waals surface area contributed by atoms with Crippen LogP contribution in [0.1, 0.15) is 33.6 Å². The van der Waals surface area contributed by atoms with Gasteiger partial charge in [0.2, 0.25) is 15.9 Å². The third-order valence-corrected chi connectivity index (χ3v) is 9.75. The van der Waals surface area contributed by atoms with Crippen molar-refractivity contribution in [3.05, 3.63) is 54.2 Å². The molecule has 0 bridgehead atoms. The summed E-state index contributed by atoms with van der Waals surface area (Å²) >= 11 is 1.45. The summed E-state index contributed by atoms with van der Waals surface area (Å²) in [5, 5.41) is 5.25. The molecule has 12 heteroatoms. The van der Waals surface area contributed by atoms with Crippen LogP contribution in [0.25, 0.3) is 10.1 Å². The molecule has 5 rings (SSSR count). The molecular weight excluding hydrogens is 540 g/mol. The number of ketones is 1. The second kappa shape index (κ2) is 10.3. The Morgan fingerprint density at radius 3 is 2.69 bits per heavy atom. The second-order valence-electron chi connectivity index (χ2n) is 11.0. The highest BCUT2D eigenvalue weighted by molar-refractivity contribution is 7.89. The number of likely N-dealkylation sites (tertiary alicyclic amines) is 1. The molecule has 1 aromatic carbocycles. The maximum atomic E-state index is 13.8. The van der Waals surface area contributed by atoms with Crippen LogP contribution in [-0.4, -0.2) is 71.6 Å². The Morgan fingerprint density at radius 2 is 1.97 bits per heavy atom. The largest absolute Gasteiger partial charge is 0.413 e. The summed E-state index contributed by atoms with van der Waals surface area (Å²) in [7, 11) is -3.97. The quantitative estimate of drug-likeness (QED) is 0.481. The van der Waals surface area contributed by atoms with E-state index in [1.54, 1.807) is 5.38 Å². The number of thiophene rings is 1. The summed E-state index contributed by atoms with van der Waals surface area (Å²) < 4.78 is 34.3. The fraction of sp³-hybridized carbons (Fsp3) is 0.407. The van der Waals surface area contributed by atoms with Gasteiger partial charge in [0.15, 0.2) is 11.5 Å². The maximum Gasteiger partial charge on any atom is 0.413 e. The summed E-state index contributed by atoms with van der Waals surface area (Å²) in [5.41, 5.74) is -0.336. The van der Waals surface area contributed by atoms with Crippen LogP contribution in [0.15, 0.2) is 59.1 Å². The molecule has 2 fully saturated rings. The monoisotopic (exact) mass is 570 g/mol. The lowest BCUT2D eigenvalue weighted by Crippen LogP contribution is -2.54. The molecule has 0 aliphatic carbocycles. The highest BCUT2D eigenvalue weighted by atomic mass is 32.2. The Balaban J connectivity index is 1.35. The van der Waals surface area contributed by atoms with E-state index in [0.29, 0.717) is 18.6 Å². The van der Waals surface area contributed by atoms with Crippen LogP contribution in [-0.2, 0) is 19.6 Å². The molecule has 206 valence electrons. The summed E-state index contributed by atoms with van der Waals surface area (Å²) in [4.78, 5) is 45.2. The van der Waals surface area contributed by atoms with Gasteiger partial charge in [-0.2, -0.15) is 4.31 Å². The average Bonchev–Trinajstić information content (AvgIpc) is 3.59. The van der Waals surface area contributed by atoms with E-state index in [2.05, 4.69) is 10.3 Å². The van der Waals surface area contributed by atoms with Gasteiger partial charge in [-0.1, -0.05) is 32.9 Å². The number of hydrogen-bond donors (Lipinski definition) is 1. The van der Waals surface area contributed by atoms with Crippen molar-refractivity contribution in [1.82, 2.24) is 19.5 Å². The number of fused-ring (bicyclic) bond motifs is 2. The molecule has 0 saturated carbocycles. The third kappa shape index (κ3) is 5.41. The molecule has 3 atom stereocenters. The van der Waals surface area contributed by atoms with Gasteiger partial charge in [-0.05, 0) is 42.5 Å². The number of nitrogens with one attached hydrogen (secondary N) is 1. The van der Waals surface area contributed by atoms with Gasteiger partial charge in [0.05, 0.1) is 12.6 Å². The van der Waals surface area contributed by atoms with E-state index in [4.69, 9.17) is 4.74 Å². The Bertz CT molecular complexity index is 1520. The van der Waals surface area contributed by atoms with Crippen LogP contribution in [0.2, 0.25) is 0 Å². The minimum Gasteiger partial charge on any atom is -0.409 e. The highest BCUT2D eigenvalue weighted by Crippen LogP contribution is 2.35. The zero-order valence-electron chi connectivity index (χ0n) is 21.9. The number of aromatic nitrogens is 1. The van der Waals surface area contributed by atoms with Gasteiger partial charge in [-0.3, -0.25) is 14.6 Å². The predicted octanol–water partition coefficient (Wildman–Crippen LogP) is 3.43. The van der Waals surface area contributed by atoms with Crippen LogP contribution in [0, 0.1) is 5.41 Å². The number of carbonyl (C=O) groups excluding carboxylic acids is 3. The zero-order chi connectivity index (χ0) is 27.9. The van der Waals surface area contributed by atoms with Crippen LogP contribution in [0.3, 0.4) is 0 Å². The van der Waals surface area contributed by atoms with Crippen molar-refractivity contribution in [3.63, 3.8) is 0 Å². The first-order valence-electron chi connectivity index (χ1n) is 12.7. The minimum absolute atomic E-state index is 0.000739. The lowest BCUT2D eigenvalue weighted by Gasteiger charge is -2.31.